The zero-order valence-corrected chi connectivity index (χ0v) is 10.1. The number of nitrogen functional groups attached to an aromatic ring is 1. The summed E-state index contributed by atoms with van der Waals surface area (Å²) in [6.45, 7) is 2.08. The maximum atomic E-state index is 5.96. The molecule has 0 aromatic carbocycles. The Balaban J connectivity index is 2.00. The van der Waals surface area contributed by atoms with E-state index < -0.39 is 0 Å². The van der Waals surface area contributed by atoms with E-state index >= 15 is 0 Å². The van der Waals surface area contributed by atoms with Gasteiger partial charge < -0.3 is 10.2 Å². The van der Waals surface area contributed by atoms with Crippen molar-refractivity contribution in [3.05, 3.63) is 42.5 Å². The summed E-state index contributed by atoms with van der Waals surface area (Å²) in [5.74, 6) is 1.42. The Morgan fingerprint density at radius 2 is 2.28 bits per heavy atom. The first-order valence-electron chi connectivity index (χ1n) is 5.86. The standard InChI is InChI=1S/C13H14N4O/c1-9(8-10-4-3-7-18-10)17-12-11(16-13(17)14)5-2-6-15-12/h2-7,9H,8H2,1H3,(H2,14,16). The van der Waals surface area contributed by atoms with Crippen molar-refractivity contribution in [3.8, 4) is 0 Å². The molecule has 1 atom stereocenters. The first-order chi connectivity index (χ1) is 8.75. The SMILES string of the molecule is CC(Cc1ccco1)n1c(N)nc2cccnc21. The molecule has 0 aliphatic rings. The van der Waals surface area contributed by atoms with Gasteiger partial charge in [0.1, 0.15) is 11.3 Å². The second-order valence-corrected chi connectivity index (χ2v) is 4.32. The summed E-state index contributed by atoms with van der Waals surface area (Å²) in [5.41, 5.74) is 7.60. The average Bonchev–Trinajstić information content (AvgIpc) is 2.94. The zero-order chi connectivity index (χ0) is 12.5. The van der Waals surface area contributed by atoms with Crippen LogP contribution in [0.3, 0.4) is 0 Å². The molecule has 0 fully saturated rings. The predicted octanol–water partition coefficient (Wildman–Crippen LogP) is 2.41. The molecule has 3 rings (SSSR count). The van der Waals surface area contributed by atoms with Gasteiger partial charge in [-0.05, 0) is 31.2 Å². The van der Waals surface area contributed by atoms with E-state index in [1.807, 2.05) is 28.8 Å². The van der Waals surface area contributed by atoms with Gasteiger partial charge in [0.25, 0.3) is 0 Å². The van der Waals surface area contributed by atoms with E-state index in [9.17, 15) is 0 Å². The van der Waals surface area contributed by atoms with Crippen LogP contribution in [-0.2, 0) is 6.42 Å². The Kier molecular flexibility index (Phi) is 2.51. The molecule has 3 heterocycles. The molecule has 2 N–H and O–H groups in total. The van der Waals surface area contributed by atoms with Gasteiger partial charge >= 0.3 is 0 Å². The first-order valence-corrected chi connectivity index (χ1v) is 5.86. The van der Waals surface area contributed by atoms with Crippen molar-refractivity contribution in [3.63, 3.8) is 0 Å². The number of furan rings is 1. The van der Waals surface area contributed by atoms with Gasteiger partial charge in [-0.1, -0.05) is 0 Å². The largest absolute Gasteiger partial charge is 0.469 e. The van der Waals surface area contributed by atoms with Crippen molar-refractivity contribution in [1.82, 2.24) is 14.5 Å². The van der Waals surface area contributed by atoms with Crippen LogP contribution in [0.15, 0.2) is 41.1 Å². The minimum absolute atomic E-state index is 0.149. The number of hydrogen-bond donors (Lipinski definition) is 1. The van der Waals surface area contributed by atoms with Crippen LogP contribution in [0, 0.1) is 0 Å². The third-order valence-corrected chi connectivity index (χ3v) is 2.99. The third-order valence-electron chi connectivity index (χ3n) is 2.99. The zero-order valence-electron chi connectivity index (χ0n) is 10.1. The van der Waals surface area contributed by atoms with Crippen LogP contribution in [0.4, 0.5) is 5.95 Å². The van der Waals surface area contributed by atoms with Gasteiger partial charge in [-0.3, -0.25) is 4.57 Å². The van der Waals surface area contributed by atoms with Crippen LogP contribution in [-0.4, -0.2) is 14.5 Å². The maximum Gasteiger partial charge on any atom is 0.202 e. The highest BCUT2D eigenvalue weighted by molar-refractivity contribution is 5.73. The summed E-state index contributed by atoms with van der Waals surface area (Å²) in [4.78, 5) is 8.65. The maximum absolute atomic E-state index is 5.96. The van der Waals surface area contributed by atoms with Gasteiger partial charge in [-0.15, -0.1) is 0 Å². The topological polar surface area (TPSA) is 69.9 Å². The first kappa shape index (κ1) is 10.8. The van der Waals surface area contributed by atoms with Gasteiger partial charge in [0.2, 0.25) is 5.95 Å². The van der Waals surface area contributed by atoms with E-state index in [-0.39, 0.29) is 6.04 Å². The molecule has 18 heavy (non-hydrogen) atoms. The van der Waals surface area contributed by atoms with Gasteiger partial charge in [-0.25, -0.2) is 9.97 Å². The number of hydrogen-bond acceptors (Lipinski definition) is 4. The Hall–Kier alpha value is -2.30. The number of pyridine rings is 1. The summed E-state index contributed by atoms with van der Waals surface area (Å²) < 4.78 is 7.30. The van der Waals surface area contributed by atoms with E-state index in [4.69, 9.17) is 10.2 Å². The van der Waals surface area contributed by atoms with Crippen LogP contribution < -0.4 is 5.73 Å². The number of aromatic nitrogens is 3. The van der Waals surface area contributed by atoms with Gasteiger partial charge in [0.15, 0.2) is 5.65 Å². The second kappa shape index (κ2) is 4.18. The van der Waals surface area contributed by atoms with Crippen molar-refractivity contribution < 1.29 is 4.42 Å². The normalized spacial score (nSPS) is 12.9. The molecule has 5 nitrogen and oxygen atoms in total. The number of fused-ring (bicyclic) bond motifs is 1. The lowest BCUT2D eigenvalue weighted by atomic mass is 10.2. The fourth-order valence-corrected chi connectivity index (χ4v) is 2.19. The molecule has 1 unspecified atom stereocenters. The highest BCUT2D eigenvalue weighted by Crippen LogP contribution is 2.23. The Bertz CT molecular complexity index is 657. The molecule has 0 bridgehead atoms. The van der Waals surface area contributed by atoms with Crippen LogP contribution in [0.2, 0.25) is 0 Å². The summed E-state index contributed by atoms with van der Waals surface area (Å²) in [5, 5.41) is 0. The summed E-state index contributed by atoms with van der Waals surface area (Å²) in [6.07, 6.45) is 4.19. The van der Waals surface area contributed by atoms with E-state index in [1.165, 1.54) is 0 Å². The number of nitrogens with two attached hydrogens (primary N) is 1. The molecule has 0 aliphatic heterocycles. The molecule has 0 saturated carbocycles. The van der Waals surface area contributed by atoms with Crippen molar-refractivity contribution in [1.29, 1.82) is 0 Å². The number of anilines is 1. The monoisotopic (exact) mass is 242 g/mol. The minimum Gasteiger partial charge on any atom is -0.469 e. The van der Waals surface area contributed by atoms with Crippen molar-refractivity contribution in [2.45, 2.75) is 19.4 Å². The average molecular weight is 242 g/mol. The second-order valence-electron chi connectivity index (χ2n) is 4.32. The summed E-state index contributed by atoms with van der Waals surface area (Å²) >= 11 is 0. The van der Waals surface area contributed by atoms with Crippen LogP contribution in [0.25, 0.3) is 11.2 Å². The van der Waals surface area contributed by atoms with Gasteiger partial charge in [-0.2, -0.15) is 0 Å². The van der Waals surface area contributed by atoms with E-state index in [0.29, 0.717) is 5.95 Å². The van der Waals surface area contributed by atoms with E-state index in [1.54, 1.807) is 12.5 Å². The Labute approximate surface area is 104 Å². The smallest absolute Gasteiger partial charge is 0.202 e. The van der Waals surface area contributed by atoms with Gasteiger partial charge in [0.05, 0.1) is 6.26 Å². The third kappa shape index (κ3) is 1.73. The fraction of sp³-hybridized carbons (Fsp3) is 0.231. The van der Waals surface area contributed by atoms with Gasteiger partial charge in [0, 0.05) is 18.7 Å². The lowest BCUT2D eigenvalue weighted by molar-refractivity contribution is 0.455. The summed E-state index contributed by atoms with van der Waals surface area (Å²) in [6, 6.07) is 7.76. The van der Waals surface area contributed by atoms with Crippen molar-refractivity contribution in [2.75, 3.05) is 5.73 Å². The van der Waals surface area contributed by atoms with Crippen LogP contribution in [0.1, 0.15) is 18.7 Å². The Morgan fingerprint density at radius 1 is 1.39 bits per heavy atom. The quantitative estimate of drug-likeness (QED) is 0.765. The Morgan fingerprint density at radius 3 is 3.06 bits per heavy atom. The minimum atomic E-state index is 0.149. The molecule has 0 saturated heterocycles. The highest BCUT2D eigenvalue weighted by atomic mass is 16.3. The molecule has 0 radical (unpaired) electrons. The summed E-state index contributed by atoms with van der Waals surface area (Å²) in [7, 11) is 0. The molecular weight excluding hydrogens is 228 g/mol. The van der Waals surface area contributed by atoms with E-state index in [2.05, 4.69) is 16.9 Å². The van der Waals surface area contributed by atoms with Crippen molar-refractivity contribution >= 4 is 17.1 Å². The molecular formula is C13H14N4O. The lowest BCUT2D eigenvalue weighted by Crippen LogP contribution is -2.11. The molecule has 92 valence electrons. The number of nitrogens with zero attached hydrogens (tertiary/aromatic N) is 3. The van der Waals surface area contributed by atoms with Crippen LogP contribution >= 0.6 is 0 Å². The molecule has 3 aromatic rings. The molecule has 0 amide bonds. The molecule has 0 spiro atoms. The molecule has 0 aliphatic carbocycles. The van der Waals surface area contributed by atoms with E-state index in [0.717, 1.165) is 23.3 Å². The number of imidazole rings is 1. The predicted molar refractivity (Wildman–Crippen MR) is 69.1 cm³/mol. The van der Waals surface area contributed by atoms with Crippen LogP contribution in [0.5, 0.6) is 0 Å². The lowest BCUT2D eigenvalue weighted by Gasteiger charge is -2.13. The highest BCUT2D eigenvalue weighted by Gasteiger charge is 2.15. The van der Waals surface area contributed by atoms with Crippen molar-refractivity contribution in [2.24, 2.45) is 0 Å². The number of rotatable bonds is 3. The molecule has 3 aromatic heterocycles. The fourth-order valence-electron chi connectivity index (χ4n) is 2.19. The molecule has 5 heteroatoms.